The number of ether oxygens (including phenoxy) is 1. The minimum absolute atomic E-state index is 0.126. The molecule has 4 saturated carbocycles. The van der Waals surface area contributed by atoms with Gasteiger partial charge in [-0.15, -0.1) is 0 Å². The fourth-order valence-electron chi connectivity index (χ4n) is 7.25. The van der Waals surface area contributed by atoms with Gasteiger partial charge in [-0.3, -0.25) is 9.36 Å². The number of fused-ring (bicyclic) bond motifs is 4. The molecule has 0 aliphatic heterocycles. The summed E-state index contributed by atoms with van der Waals surface area (Å²) in [6.07, 6.45) is 6.56. The van der Waals surface area contributed by atoms with E-state index >= 15 is 0 Å². The second-order valence-corrected chi connectivity index (χ2v) is 12.9. The van der Waals surface area contributed by atoms with E-state index in [1.807, 2.05) is 13.8 Å². The summed E-state index contributed by atoms with van der Waals surface area (Å²) in [5, 5.41) is 0.753. The summed E-state index contributed by atoms with van der Waals surface area (Å²) in [7, 11) is 1.56. The van der Waals surface area contributed by atoms with Gasteiger partial charge in [0.25, 0.3) is 5.56 Å². The molecule has 9 nitrogen and oxygen atoms in total. The lowest BCUT2D eigenvalue weighted by molar-refractivity contribution is -0.141. The van der Waals surface area contributed by atoms with Gasteiger partial charge in [0.2, 0.25) is 5.88 Å². The highest BCUT2D eigenvalue weighted by atomic mass is 19.4. The van der Waals surface area contributed by atoms with Gasteiger partial charge in [-0.2, -0.15) is 13.2 Å². The molecule has 4 heterocycles. The van der Waals surface area contributed by atoms with Crippen molar-refractivity contribution in [2.45, 2.75) is 95.3 Å². The summed E-state index contributed by atoms with van der Waals surface area (Å²) in [6, 6.07) is 3.17. The maximum Gasteiger partial charge on any atom is 0.434 e. The molecule has 0 atom stereocenters. The zero-order chi connectivity index (χ0) is 30.1. The molecule has 4 aliphatic carbocycles. The van der Waals surface area contributed by atoms with E-state index in [1.54, 1.807) is 34.6 Å². The Morgan fingerprint density at radius 3 is 2.37 bits per heavy atom. The summed E-state index contributed by atoms with van der Waals surface area (Å²) in [5.74, 6) is 1.69. The van der Waals surface area contributed by atoms with Crippen molar-refractivity contribution < 1.29 is 17.9 Å². The molecule has 0 spiro atoms. The number of aromatic nitrogens is 7. The highest BCUT2D eigenvalue weighted by Gasteiger charge is 2.52. The first-order valence-corrected chi connectivity index (χ1v) is 14.9. The molecule has 2 bridgehead atoms. The molecule has 4 aromatic heterocycles. The first kappa shape index (κ1) is 28.0. The van der Waals surface area contributed by atoms with Crippen LogP contribution in [0.1, 0.15) is 94.4 Å². The van der Waals surface area contributed by atoms with Crippen LogP contribution in [0.2, 0.25) is 0 Å². The molecule has 0 unspecified atom stereocenters. The van der Waals surface area contributed by atoms with Gasteiger partial charge in [0.15, 0.2) is 11.5 Å². The van der Waals surface area contributed by atoms with Gasteiger partial charge in [-0.1, -0.05) is 0 Å². The first-order chi connectivity index (χ1) is 20.5. The lowest BCUT2D eigenvalue weighted by Gasteiger charge is -2.53. The van der Waals surface area contributed by atoms with Crippen LogP contribution in [0.15, 0.2) is 35.6 Å². The zero-order valence-electron chi connectivity index (χ0n) is 24.5. The van der Waals surface area contributed by atoms with Crippen molar-refractivity contribution in [3.8, 4) is 17.3 Å². The van der Waals surface area contributed by atoms with E-state index in [0.29, 0.717) is 41.2 Å². The third-order valence-electron chi connectivity index (χ3n) is 9.89. The number of imidazole rings is 1. The van der Waals surface area contributed by atoms with Crippen molar-refractivity contribution in [3.05, 3.63) is 58.4 Å². The van der Waals surface area contributed by atoms with Crippen LogP contribution in [0.4, 0.5) is 13.2 Å². The molecule has 4 aliphatic rings. The molecule has 0 amide bonds. The highest BCUT2D eigenvalue weighted by molar-refractivity contribution is 5.77. The van der Waals surface area contributed by atoms with Gasteiger partial charge in [0.1, 0.15) is 23.4 Å². The van der Waals surface area contributed by atoms with Gasteiger partial charge in [-0.05, 0) is 76.7 Å². The van der Waals surface area contributed by atoms with Gasteiger partial charge in [0.05, 0.1) is 12.8 Å². The van der Waals surface area contributed by atoms with Crippen LogP contribution in [-0.2, 0) is 18.1 Å². The Balaban J connectivity index is 1.23. The van der Waals surface area contributed by atoms with Crippen LogP contribution in [0.5, 0.6) is 5.88 Å². The van der Waals surface area contributed by atoms with Crippen LogP contribution in [0, 0.1) is 5.41 Å². The van der Waals surface area contributed by atoms with Crippen molar-refractivity contribution in [3.63, 3.8) is 0 Å². The molecule has 0 radical (unpaired) electrons. The van der Waals surface area contributed by atoms with Crippen LogP contribution in [-0.4, -0.2) is 41.2 Å². The number of pyridine rings is 1. The van der Waals surface area contributed by atoms with Gasteiger partial charge in [-0.25, -0.2) is 24.9 Å². The summed E-state index contributed by atoms with van der Waals surface area (Å²) >= 11 is 0. The number of rotatable bonds is 7. The molecule has 0 aromatic carbocycles. The van der Waals surface area contributed by atoms with E-state index in [4.69, 9.17) is 9.72 Å². The molecule has 4 fully saturated rings. The minimum Gasteiger partial charge on any atom is -0.480 e. The second kappa shape index (κ2) is 9.85. The smallest absolute Gasteiger partial charge is 0.434 e. The Labute approximate surface area is 246 Å². The number of halogens is 3. The highest BCUT2D eigenvalue weighted by Crippen LogP contribution is 2.58. The van der Waals surface area contributed by atoms with Crippen molar-refractivity contribution >= 4 is 11.0 Å². The predicted octanol–water partition coefficient (Wildman–Crippen LogP) is 6.22. The molecule has 43 heavy (non-hydrogen) atoms. The van der Waals surface area contributed by atoms with Crippen molar-refractivity contribution in [1.29, 1.82) is 0 Å². The average Bonchev–Trinajstić information content (AvgIpc) is 3.74. The fraction of sp³-hybridized carbons (Fsp3) is 0.548. The average molecular weight is 594 g/mol. The summed E-state index contributed by atoms with van der Waals surface area (Å²) < 4.78 is 49.9. The monoisotopic (exact) mass is 593 g/mol. The van der Waals surface area contributed by atoms with E-state index in [9.17, 15) is 18.0 Å². The van der Waals surface area contributed by atoms with Crippen LogP contribution in [0.3, 0.4) is 0 Å². The van der Waals surface area contributed by atoms with Crippen molar-refractivity contribution in [2.24, 2.45) is 5.41 Å². The standard InChI is InChI=1S/C31H34F3N7O2/c1-18(2)40-15-21(31(32,33)34)38-28(40)30-11-8-29(9-12-30,10-13-30)16-41-22(42)7-6-20-14-35-25(39-26(20)41)23-24(19-4-5-19)36-17-37-27(23)43-3/h6-7,14-15,17-19H,4-5,8-13,16H2,1-3H3. The number of hydrogen-bond donors (Lipinski definition) is 0. The molecule has 0 saturated heterocycles. The van der Waals surface area contributed by atoms with E-state index in [1.165, 1.54) is 12.5 Å². The quantitative estimate of drug-likeness (QED) is 0.251. The Bertz CT molecular complexity index is 1750. The van der Waals surface area contributed by atoms with Gasteiger partial charge in [0, 0.05) is 47.8 Å². The Kier molecular flexibility index (Phi) is 6.41. The SMILES string of the molecule is COc1ncnc(C2CC2)c1-c1ncc2ccc(=O)n(CC34CCC(c5nc(C(F)(F)F)cn5C(C)C)(CC3)CC4)c2n1. The number of methoxy groups -OCH3 is 1. The number of nitrogens with zero attached hydrogens (tertiary/aromatic N) is 7. The second-order valence-electron chi connectivity index (χ2n) is 12.9. The van der Waals surface area contributed by atoms with E-state index in [0.717, 1.165) is 62.4 Å². The lowest BCUT2D eigenvalue weighted by atomic mass is 9.53. The Hall–Kier alpha value is -3.83. The molecular weight excluding hydrogens is 559 g/mol. The Morgan fingerprint density at radius 1 is 1.02 bits per heavy atom. The molecule has 4 aromatic rings. The molecule has 12 heteroatoms. The summed E-state index contributed by atoms with van der Waals surface area (Å²) in [6.45, 7) is 4.28. The van der Waals surface area contributed by atoms with Gasteiger partial charge < -0.3 is 9.30 Å². The largest absolute Gasteiger partial charge is 0.480 e. The number of hydrogen-bond acceptors (Lipinski definition) is 7. The lowest BCUT2D eigenvalue weighted by Crippen LogP contribution is -2.48. The molecular formula is C31H34F3N7O2. The van der Waals surface area contributed by atoms with Gasteiger partial charge >= 0.3 is 6.18 Å². The summed E-state index contributed by atoms with van der Waals surface area (Å²) in [4.78, 5) is 35.9. The van der Waals surface area contributed by atoms with Crippen LogP contribution in [0.25, 0.3) is 22.4 Å². The maximum atomic E-state index is 13.6. The third-order valence-corrected chi connectivity index (χ3v) is 9.89. The molecule has 8 rings (SSSR count). The minimum atomic E-state index is -4.48. The third kappa shape index (κ3) is 4.69. The first-order valence-electron chi connectivity index (χ1n) is 14.9. The van der Waals surface area contributed by atoms with E-state index in [-0.39, 0.29) is 17.0 Å². The fourth-order valence-corrected chi connectivity index (χ4v) is 7.25. The van der Waals surface area contributed by atoms with E-state index in [2.05, 4.69) is 19.9 Å². The molecule has 0 N–H and O–H groups in total. The normalized spacial score (nSPS) is 23.8. The maximum absolute atomic E-state index is 13.6. The predicted molar refractivity (Wildman–Crippen MR) is 153 cm³/mol. The van der Waals surface area contributed by atoms with Crippen molar-refractivity contribution in [1.82, 2.24) is 34.1 Å². The topological polar surface area (TPSA) is 101 Å². The zero-order valence-corrected chi connectivity index (χ0v) is 24.5. The molecule has 226 valence electrons. The van der Waals surface area contributed by atoms with Crippen LogP contribution >= 0.6 is 0 Å². The van der Waals surface area contributed by atoms with Crippen molar-refractivity contribution in [2.75, 3.05) is 7.11 Å². The number of alkyl halides is 3. The van der Waals surface area contributed by atoms with Crippen LogP contribution < -0.4 is 10.3 Å². The van der Waals surface area contributed by atoms with E-state index < -0.39 is 17.3 Å². The summed E-state index contributed by atoms with van der Waals surface area (Å²) in [5.41, 5.74) is 0.562. The Morgan fingerprint density at radius 2 is 1.74 bits per heavy atom.